The molecule has 135 heavy (non-hydrogen) atoms. The maximum absolute atomic E-state index is 2.56. The molecule has 5 heteroatoms. The first-order chi connectivity index (χ1) is 64.3. The molecule has 720 valence electrons. The lowest BCUT2D eigenvalue weighted by molar-refractivity contribution is 0.868. The quantitative estimate of drug-likeness (QED) is 0.170. The Labute approximate surface area is 822 Å². The van der Waals surface area contributed by atoms with Gasteiger partial charge in [-0.05, 0) is 312 Å². The van der Waals surface area contributed by atoms with E-state index in [-0.39, 0.29) is 37.1 Å². The van der Waals surface area contributed by atoms with Gasteiger partial charge in [-0.25, -0.2) is 0 Å². The molecule has 25 rings (SSSR count). The van der Waals surface area contributed by atoms with Crippen molar-refractivity contribution in [2.45, 2.75) is 274 Å². The van der Waals surface area contributed by atoms with Crippen molar-refractivity contribution in [2.24, 2.45) is 0 Å². The van der Waals surface area contributed by atoms with E-state index in [9.17, 15) is 0 Å². The molecule has 0 saturated carbocycles. The number of rotatable bonds is 5. The molecule has 0 N–H and O–H groups in total. The fourth-order valence-electron chi connectivity index (χ4n) is 21.4. The first kappa shape index (κ1) is 112. The molecule has 0 fully saturated rings. The van der Waals surface area contributed by atoms with Gasteiger partial charge in [0.1, 0.15) is 0 Å². The molecular weight excluding hydrogens is 1630 g/mol. The van der Waals surface area contributed by atoms with Crippen LogP contribution in [-0.4, -0.2) is 65.4 Å². The predicted molar refractivity (Wildman–Crippen MR) is 616 cm³/mol. The van der Waals surface area contributed by atoms with Gasteiger partial charge in [-0.2, -0.15) is 0 Å². The summed E-state index contributed by atoms with van der Waals surface area (Å²) in [5, 5.41) is 14.3. The zero-order valence-corrected chi connectivity index (χ0v) is 84.5. The van der Waals surface area contributed by atoms with Gasteiger partial charge >= 0.3 is 0 Å². The lowest BCUT2D eigenvalue weighted by atomic mass is 9.94. The second-order valence-corrected chi connectivity index (χ2v) is 32.3. The van der Waals surface area contributed by atoms with Crippen LogP contribution in [0.4, 0.5) is 28.4 Å². The third-order valence-electron chi connectivity index (χ3n) is 26.8. The molecule has 0 amide bonds. The number of hydrogen-bond acceptors (Lipinski definition) is 5. The van der Waals surface area contributed by atoms with Gasteiger partial charge < -0.3 is 24.5 Å². The van der Waals surface area contributed by atoms with Crippen LogP contribution in [0, 0.1) is 0 Å². The molecule has 5 nitrogen and oxygen atoms in total. The Bertz CT molecular complexity index is 6290. The van der Waals surface area contributed by atoms with Gasteiger partial charge in [0.05, 0.1) is 0 Å². The van der Waals surface area contributed by atoms with Gasteiger partial charge in [0.25, 0.3) is 0 Å². The Hall–Kier alpha value is -11.4. The highest BCUT2D eigenvalue weighted by Crippen LogP contribution is 2.52. The standard InChI is InChI=1S/5C21H19N.10C2H6.5CH4/c1-2-22-12-11-15-9-7-14-8-10-17-13-16-5-3-4-6-18(16)19(17)20(14)21(15)22;1-2-22-10-9-14-7-8-16-12-19-17(13-20(16)21(14)22)11-15-5-3-4-6-18(15)19;1-2-22-10-9-16-12-19-15(13-20(16)22)7-8-17-11-14-5-3-4-6-18(14)21(17)19;1-2-22-10-9-16-12-19-15(13-21(16)22)7-8-18-17-6-4-3-5-14(17)11-20(18)19;1-2-22-12-11-15-8-7-14-9-10-18-17-6-4-3-5-16(17)13-19(18)20(14)21(15)22;10*1-2;;;;;/h3-10H,2,11-13H2,1H3;3*3-8,12-13H,2,9-11H2,1H3;3-10H,2,11-13H2,1H3;10*1-2H3;5*1H4. The molecule has 15 aromatic rings. The Morgan fingerprint density at radius 2 is 0.481 bits per heavy atom. The molecule has 0 saturated heterocycles. The summed E-state index contributed by atoms with van der Waals surface area (Å²) in [4.78, 5) is 12.6. The van der Waals surface area contributed by atoms with E-state index in [0.717, 1.165) is 71.4 Å². The first-order valence-electron chi connectivity index (χ1n) is 51.3. The summed E-state index contributed by atoms with van der Waals surface area (Å²) in [5.74, 6) is 0. The summed E-state index contributed by atoms with van der Waals surface area (Å²) in [6.07, 6.45) is 11.3. The van der Waals surface area contributed by atoms with E-state index in [1.807, 2.05) is 138 Å². The molecule has 0 aromatic heterocycles. The lowest BCUT2D eigenvalue weighted by Crippen LogP contribution is -2.19. The van der Waals surface area contributed by atoms with Gasteiger partial charge in [0.2, 0.25) is 0 Å². The van der Waals surface area contributed by atoms with E-state index < -0.39 is 0 Å². The van der Waals surface area contributed by atoms with Crippen molar-refractivity contribution in [1.29, 1.82) is 0 Å². The van der Waals surface area contributed by atoms with Crippen LogP contribution in [0.3, 0.4) is 0 Å². The lowest BCUT2D eigenvalue weighted by Gasteiger charge is -2.21. The summed E-state index contributed by atoms with van der Waals surface area (Å²) < 4.78 is 0. The van der Waals surface area contributed by atoms with Crippen molar-refractivity contribution in [1.82, 2.24) is 0 Å². The molecule has 5 aliphatic heterocycles. The van der Waals surface area contributed by atoms with Crippen LogP contribution < -0.4 is 24.5 Å². The number of fused-ring (bicyclic) bond motifs is 32. The Balaban J connectivity index is 0.000000245. The van der Waals surface area contributed by atoms with Crippen LogP contribution in [0.2, 0.25) is 0 Å². The number of benzene rings is 15. The number of anilines is 5. The van der Waals surface area contributed by atoms with E-state index >= 15 is 0 Å². The smallest absolute Gasteiger partial charge is 0.0485 e. The van der Waals surface area contributed by atoms with Crippen molar-refractivity contribution in [3.05, 3.63) is 326 Å². The second-order valence-electron chi connectivity index (χ2n) is 32.3. The van der Waals surface area contributed by atoms with E-state index in [1.165, 1.54) is 280 Å². The van der Waals surface area contributed by atoms with Crippen LogP contribution in [0.25, 0.3) is 109 Å². The van der Waals surface area contributed by atoms with E-state index in [1.54, 1.807) is 0 Å². The van der Waals surface area contributed by atoms with Gasteiger partial charge in [-0.15, -0.1) is 0 Å². The van der Waals surface area contributed by atoms with Gasteiger partial charge in [0, 0.05) is 110 Å². The van der Waals surface area contributed by atoms with Gasteiger partial charge in [-0.1, -0.05) is 382 Å². The average molecular weight is 1810 g/mol. The second kappa shape index (κ2) is 53.8. The van der Waals surface area contributed by atoms with Crippen LogP contribution in [0.15, 0.2) is 243 Å². The highest BCUT2D eigenvalue weighted by atomic mass is 15.2. The van der Waals surface area contributed by atoms with E-state index in [4.69, 9.17) is 0 Å². The third-order valence-corrected chi connectivity index (χ3v) is 26.8. The summed E-state index contributed by atoms with van der Waals surface area (Å²) in [7, 11) is 0. The molecule has 15 aromatic carbocycles. The molecule has 0 spiro atoms. The molecular formula is C130H175N5. The predicted octanol–water partition coefficient (Wildman–Crippen LogP) is 37.4. The molecule has 10 aliphatic rings. The van der Waals surface area contributed by atoms with Gasteiger partial charge in [0.15, 0.2) is 0 Å². The summed E-state index contributed by atoms with van der Waals surface area (Å²) in [6, 6.07) is 91.4. The Morgan fingerprint density at radius 3 is 0.941 bits per heavy atom. The molecule has 0 radical (unpaired) electrons. The first-order valence-corrected chi connectivity index (χ1v) is 51.3. The van der Waals surface area contributed by atoms with Crippen molar-refractivity contribution in [2.75, 3.05) is 89.9 Å². The molecule has 0 atom stereocenters. The minimum atomic E-state index is 0. The number of hydrogen-bond donors (Lipinski definition) is 0. The fourth-order valence-corrected chi connectivity index (χ4v) is 21.4. The minimum absolute atomic E-state index is 0. The zero-order valence-electron chi connectivity index (χ0n) is 84.5. The molecule has 5 aliphatic carbocycles. The highest BCUT2D eigenvalue weighted by Gasteiger charge is 2.32. The van der Waals surface area contributed by atoms with Crippen LogP contribution >= 0.6 is 0 Å². The van der Waals surface area contributed by atoms with Crippen molar-refractivity contribution in [3.63, 3.8) is 0 Å². The molecule has 0 bridgehead atoms. The summed E-state index contributed by atoms with van der Waals surface area (Å²) in [5.41, 5.74) is 44.3. The van der Waals surface area contributed by atoms with Crippen LogP contribution in [-0.2, 0) is 64.2 Å². The normalized spacial score (nSPS) is 12.7. The van der Waals surface area contributed by atoms with Gasteiger partial charge in [-0.3, -0.25) is 0 Å². The van der Waals surface area contributed by atoms with E-state index in [0.29, 0.717) is 0 Å². The maximum Gasteiger partial charge on any atom is 0.0485 e. The topological polar surface area (TPSA) is 16.2 Å². The molecule has 0 unspecified atom stereocenters. The monoisotopic (exact) mass is 1810 g/mol. The van der Waals surface area contributed by atoms with Crippen molar-refractivity contribution in [3.8, 4) is 55.6 Å². The SMILES string of the molecule is C.C.C.C.C.CC.CC.CC.CC.CC.CC.CC.CC.CC.CC.CCN1CCc2cc3c4c(ccc3cc21)-c1ccccc1C4.CCN1CCc2cc3c4c(ccc3cc21)Cc1ccccc1-4.CCN1CCc2ccc3cc4c(cc3c21)Cc1ccccc1-4.CCN1CCc2ccc3ccc4c(c3c21)-c1ccccc1C4.CCN1CCc2ccc3ccc4c(c3c21)Cc1ccccc1-4. The van der Waals surface area contributed by atoms with E-state index in [2.05, 4.69) is 302 Å². The Kier molecular flexibility index (Phi) is 44.8. The summed E-state index contributed by atoms with van der Waals surface area (Å²) >= 11 is 0. The number of likely N-dealkylation sites (N-methyl/N-ethyl adjacent to an activating group) is 5. The summed E-state index contributed by atoms with van der Waals surface area (Å²) in [6.45, 7) is 62.6. The van der Waals surface area contributed by atoms with Crippen LogP contribution in [0.1, 0.15) is 294 Å². The maximum atomic E-state index is 2.56. The molecule has 5 heterocycles. The van der Waals surface area contributed by atoms with Crippen molar-refractivity contribution >= 4 is 82.3 Å². The Morgan fingerprint density at radius 1 is 0.193 bits per heavy atom. The minimum Gasteiger partial charge on any atom is -0.371 e. The van der Waals surface area contributed by atoms with Crippen molar-refractivity contribution < 1.29 is 0 Å². The third kappa shape index (κ3) is 21.9. The highest BCUT2D eigenvalue weighted by molar-refractivity contribution is 6.11. The largest absolute Gasteiger partial charge is 0.371 e. The fraction of sp³-hybridized carbons (Fsp3) is 0.385. The average Bonchev–Trinajstić information content (AvgIpc) is 1.55. The zero-order chi connectivity index (χ0) is 93.4. The van der Waals surface area contributed by atoms with Crippen LogP contribution in [0.5, 0.6) is 0 Å². The number of nitrogens with zero attached hydrogens (tertiary/aromatic N) is 5.